The first kappa shape index (κ1) is 18.3. The van der Waals surface area contributed by atoms with E-state index in [1.165, 1.54) is 0 Å². The van der Waals surface area contributed by atoms with Crippen LogP contribution < -0.4 is 10.6 Å². The highest BCUT2D eigenvalue weighted by atomic mass is 16.2. The fraction of sp³-hybridized carbons (Fsp3) is 0. The van der Waals surface area contributed by atoms with Crippen molar-refractivity contribution in [2.24, 2.45) is 0 Å². The van der Waals surface area contributed by atoms with Crippen LogP contribution in [0.15, 0.2) is 103 Å². The van der Waals surface area contributed by atoms with Crippen LogP contribution >= 0.6 is 0 Å². The number of benzene rings is 3. The van der Waals surface area contributed by atoms with Crippen LogP contribution in [0.5, 0.6) is 0 Å². The molecule has 5 nitrogen and oxygen atoms in total. The lowest BCUT2D eigenvalue weighted by Gasteiger charge is -2.16. The van der Waals surface area contributed by atoms with Crippen LogP contribution in [0.2, 0.25) is 0 Å². The number of anilines is 2. The number of nitrogens with one attached hydrogen (secondary N) is 2. The lowest BCUT2D eigenvalue weighted by molar-refractivity contribution is 0.102. The van der Waals surface area contributed by atoms with Gasteiger partial charge in [-0.25, -0.2) is 0 Å². The predicted molar refractivity (Wildman–Crippen MR) is 115 cm³/mol. The van der Waals surface area contributed by atoms with E-state index in [-0.39, 0.29) is 11.8 Å². The lowest BCUT2D eigenvalue weighted by Crippen LogP contribution is -2.20. The molecule has 0 saturated heterocycles. The molecule has 3 aromatic carbocycles. The summed E-state index contributed by atoms with van der Waals surface area (Å²) in [6.45, 7) is 0. The highest BCUT2D eigenvalue weighted by molar-refractivity contribution is 6.13. The summed E-state index contributed by atoms with van der Waals surface area (Å²) in [6.07, 6.45) is 3.63. The Morgan fingerprint density at radius 3 is 1.45 bits per heavy atom. The van der Waals surface area contributed by atoms with Gasteiger partial charge in [0.05, 0.1) is 16.8 Å². The minimum atomic E-state index is -0.283. The van der Waals surface area contributed by atoms with Crippen molar-refractivity contribution in [1.82, 2.24) is 4.57 Å². The maximum absolute atomic E-state index is 13.0. The fourth-order valence-corrected chi connectivity index (χ4v) is 3.11. The Morgan fingerprint density at radius 1 is 0.552 bits per heavy atom. The summed E-state index contributed by atoms with van der Waals surface area (Å²) in [5, 5.41) is 5.78. The van der Waals surface area contributed by atoms with Crippen molar-refractivity contribution in [3.63, 3.8) is 0 Å². The maximum Gasteiger partial charge on any atom is 0.257 e. The molecule has 0 bridgehead atoms. The molecular formula is C24H19N3O2. The Labute approximate surface area is 168 Å². The van der Waals surface area contributed by atoms with Gasteiger partial charge in [0, 0.05) is 23.8 Å². The number of rotatable bonds is 5. The van der Waals surface area contributed by atoms with Crippen molar-refractivity contribution in [2.75, 3.05) is 10.6 Å². The molecule has 0 aliphatic carbocycles. The smallest absolute Gasteiger partial charge is 0.257 e. The number of hydrogen-bond donors (Lipinski definition) is 2. The fourth-order valence-electron chi connectivity index (χ4n) is 3.11. The van der Waals surface area contributed by atoms with E-state index in [1.807, 2.05) is 85.2 Å². The van der Waals surface area contributed by atoms with E-state index in [0.29, 0.717) is 28.2 Å². The van der Waals surface area contributed by atoms with Crippen molar-refractivity contribution in [3.05, 3.63) is 115 Å². The van der Waals surface area contributed by atoms with E-state index < -0.39 is 0 Å². The maximum atomic E-state index is 13.0. The highest BCUT2D eigenvalue weighted by Gasteiger charge is 2.20. The van der Waals surface area contributed by atoms with Crippen LogP contribution in [0.25, 0.3) is 5.69 Å². The largest absolute Gasteiger partial charge is 0.322 e. The number of para-hydroxylation sites is 3. The third-order valence-corrected chi connectivity index (χ3v) is 4.45. The molecule has 0 fully saturated rings. The zero-order chi connectivity index (χ0) is 20.1. The van der Waals surface area contributed by atoms with E-state index in [2.05, 4.69) is 10.6 Å². The van der Waals surface area contributed by atoms with E-state index in [1.54, 1.807) is 22.8 Å². The first-order chi connectivity index (χ1) is 14.2. The number of carbonyl (C=O) groups is 2. The van der Waals surface area contributed by atoms with Crippen LogP contribution in [0.4, 0.5) is 11.4 Å². The summed E-state index contributed by atoms with van der Waals surface area (Å²) in [5.74, 6) is -0.566. The molecule has 0 aliphatic rings. The van der Waals surface area contributed by atoms with Crippen molar-refractivity contribution < 1.29 is 9.59 Å². The molecule has 5 heteroatoms. The first-order valence-corrected chi connectivity index (χ1v) is 9.21. The summed E-state index contributed by atoms with van der Waals surface area (Å²) < 4.78 is 1.78. The van der Waals surface area contributed by atoms with Gasteiger partial charge in [-0.05, 0) is 48.5 Å². The molecule has 142 valence electrons. The van der Waals surface area contributed by atoms with Gasteiger partial charge in [-0.1, -0.05) is 42.5 Å². The van der Waals surface area contributed by atoms with Crippen molar-refractivity contribution in [1.29, 1.82) is 0 Å². The normalized spacial score (nSPS) is 10.3. The van der Waals surface area contributed by atoms with Crippen molar-refractivity contribution >= 4 is 23.2 Å². The minimum Gasteiger partial charge on any atom is -0.322 e. The zero-order valence-corrected chi connectivity index (χ0v) is 15.6. The Hall–Kier alpha value is -4.12. The van der Waals surface area contributed by atoms with Gasteiger partial charge in [0.1, 0.15) is 0 Å². The topological polar surface area (TPSA) is 63.1 Å². The minimum absolute atomic E-state index is 0.283. The Kier molecular flexibility index (Phi) is 5.21. The summed E-state index contributed by atoms with van der Waals surface area (Å²) in [6, 6.07) is 27.3. The summed E-state index contributed by atoms with van der Waals surface area (Å²) >= 11 is 0. The van der Waals surface area contributed by atoms with Crippen LogP contribution in [-0.2, 0) is 0 Å². The Balaban J connectivity index is 1.73. The molecule has 4 aromatic rings. The van der Waals surface area contributed by atoms with Crippen LogP contribution in [-0.4, -0.2) is 16.4 Å². The Morgan fingerprint density at radius 2 is 1.00 bits per heavy atom. The summed E-state index contributed by atoms with van der Waals surface area (Å²) in [7, 11) is 0. The third-order valence-electron chi connectivity index (χ3n) is 4.45. The third kappa shape index (κ3) is 4.09. The summed E-state index contributed by atoms with van der Waals surface area (Å²) in [5.41, 5.74) is 2.72. The molecule has 2 amide bonds. The number of hydrogen-bond acceptors (Lipinski definition) is 2. The zero-order valence-electron chi connectivity index (χ0n) is 15.6. The van der Waals surface area contributed by atoms with E-state index in [0.717, 1.165) is 0 Å². The molecule has 2 N–H and O–H groups in total. The number of nitrogens with zero attached hydrogens (tertiary/aromatic N) is 1. The average Bonchev–Trinajstić information content (AvgIpc) is 3.29. The molecule has 0 aliphatic heterocycles. The monoisotopic (exact) mass is 381 g/mol. The van der Waals surface area contributed by atoms with Crippen molar-refractivity contribution in [3.8, 4) is 5.69 Å². The molecular weight excluding hydrogens is 362 g/mol. The second-order valence-corrected chi connectivity index (χ2v) is 6.43. The van der Waals surface area contributed by atoms with E-state index in [9.17, 15) is 9.59 Å². The van der Waals surface area contributed by atoms with Gasteiger partial charge in [0.25, 0.3) is 11.8 Å². The van der Waals surface area contributed by atoms with Gasteiger partial charge in [0.15, 0.2) is 0 Å². The first-order valence-electron chi connectivity index (χ1n) is 9.21. The summed E-state index contributed by atoms with van der Waals surface area (Å²) in [4.78, 5) is 26.0. The number of aromatic nitrogens is 1. The van der Waals surface area contributed by atoms with Gasteiger partial charge in [-0.15, -0.1) is 0 Å². The quantitative estimate of drug-likeness (QED) is 0.512. The molecule has 29 heavy (non-hydrogen) atoms. The Bertz CT molecular complexity index is 1050. The predicted octanol–water partition coefficient (Wildman–Crippen LogP) is 4.98. The average molecular weight is 381 g/mol. The lowest BCUT2D eigenvalue weighted by atomic mass is 10.0. The molecule has 1 heterocycles. The molecule has 1 aromatic heterocycles. The second kappa shape index (κ2) is 8.27. The number of amides is 2. The van der Waals surface area contributed by atoms with E-state index >= 15 is 0 Å². The van der Waals surface area contributed by atoms with Gasteiger partial charge in [0.2, 0.25) is 0 Å². The van der Waals surface area contributed by atoms with E-state index in [4.69, 9.17) is 0 Å². The van der Waals surface area contributed by atoms with Crippen LogP contribution in [0.1, 0.15) is 20.7 Å². The molecule has 0 saturated carbocycles. The van der Waals surface area contributed by atoms with Gasteiger partial charge in [-0.2, -0.15) is 0 Å². The second-order valence-electron chi connectivity index (χ2n) is 6.43. The van der Waals surface area contributed by atoms with Crippen molar-refractivity contribution in [2.45, 2.75) is 0 Å². The van der Waals surface area contributed by atoms with Crippen LogP contribution in [0.3, 0.4) is 0 Å². The SMILES string of the molecule is O=C(Nc1ccccc1)c1cccc(C(=O)Nc2ccccc2)c1-n1cccc1. The van der Waals surface area contributed by atoms with Gasteiger partial charge in [-0.3, -0.25) is 9.59 Å². The molecule has 0 atom stereocenters. The number of carbonyl (C=O) groups excluding carboxylic acids is 2. The standard InChI is InChI=1S/C24H19N3O2/c28-23(25-18-10-3-1-4-11-18)20-14-9-15-21(22(20)27-16-7-8-17-27)24(29)26-19-12-5-2-6-13-19/h1-17H,(H,25,28)(H,26,29). The van der Waals surface area contributed by atoms with Crippen LogP contribution in [0, 0.1) is 0 Å². The molecule has 0 radical (unpaired) electrons. The molecule has 0 unspecified atom stereocenters. The highest BCUT2D eigenvalue weighted by Crippen LogP contribution is 2.23. The molecule has 4 rings (SSSR count). The van der Waals surface area contributed by atoms with Gasteiger partial charge < -0.3 is 15.2 Å². The molecule has 0 spiro atoms. The van der Waals surface area contributed by atoms with Gasteiger partial charge >= 0.3 is 0 Å².